The summed E-state index contributed by atoms with van der Waals surface area (Å²) in [4.78, 5) is 15.0. The summed E-state index contributed by atoms with van der Waals surface area (Å²) >= 11 is 0. The highest BCUT2D eigenvalue weighted by Gasteiger charge is 2.37. The summed E-state index contributed by atoms with van der Waals surface area (Å²) in [5.41, 5.74) is 11.2. The lowest BCUT2D eigenvalue weighted by Gasteiger charge is -2.42. The minimum atomic E-state index is 0.167. The largest absolute Gasteiger partial charge is 0.208 e. The predicted molar refractivity (Wildman–Crippen MR) is 200 cm³/mol. The lowest BCUT2D eigenvalue weighted by molar-refractivity contribution is 0.332. The van der Waals surface area contributed by atoms with E-state index < -0.39 is 0 Å². The molecule has 0 atom stereocenters. The molecule has 3 heteroatoms. The van der Waals surface area contributed by atoms with Gasteiger partial charge in [-0.3, -0.25) is 0 Å². The quantitative estimate of drug-likeness (QED) is 0.192. The van der Waals surface area contributed by atoms with Crippen LogP contribution in [0, 0.1) is 0 Å². The van der Waals surface area contributed by atoms with Crippen LogP contribution in [0.4, 0.5) is 0 Å². The molecule has 0 amide bonds. The highest BCUT2D eigenvalue weighted by molar-refractivity contribution is 6.04. The average molecular weight is 622 g/mol. The van der Waals surface area contributed by atoms with Crippen LogP contribution in [0.3, 0.4) is 0 Å². The first-order chi connectivity index (χ1) is 23.3. The van der Waals surface area contributed by atoms with Gasteiger partial charge in [0.05, 0.1) is 0 Å². The fourth-order valence-corrected chi connectivity index (χ4v) is 7.31. The number of fused-ring (bicyclic) bond motifs is 2. The van der Waals surface area contributed by atoms with Crippen LogP contribution in [-0.4, -0.2) is 15.0 Å². The second-order valence-electron chi connectivity index (χ2n) is 14.4. The highest BCUT2D eigenvalue weighted by atomic mass is 15.0. The zero-order valence-corrected chi connectivity index (χ0v) is 28.0. The van der Waals surface area contributed by atoms with Gasteiger partial charge in [0.1, 0.15) is 0 Å². The topological polar surface area (TPSA) is 38.7 Å². The normalized spacial score (nSPS) is 14.8. The molecule has 0 N–H and O–H groups in total. The molecular formula is C45H39N3. The van der Waals surface area contributed by atoms with Gasteiger partial charge >= 0.3 is 0 Å². The molecule has 0 aliphatic heterocycles. The van der Waals surface area contributed by atoms with Crippen LogP contribution < -0.4 is 0 Å². The predicted octanol–water partition coefficient (Wildman–Crippen LogP) is 11.7. The maximum atomic E-state index is 5.04. The van der Waals surface area contributed by atoms with Crippen molar-refractivity contribution in [2.45, 2.75) is 51.4 Å². The number of aromatic nitrogens is 3. The van der Waals surface area contributed by atoms with E-state index in [9.17, 15) is 0 Å². The lowest BCUT2D eigenvalue weighted by Crippen LogP contribution is -2.33. The number of benzene rings is 6. The van der Waals surface area contributed by atoms with E-state index in [0.717, 1.165) is 22.1 Å². The van der Waals surface area contributed by atoms with Crippen molar-refractivity contribution >= 4 is 10.8 Å². The van der Waals surface area contributed by atoms with Gasteiger partial charge in [0.2, 0.25) is 0 Å². The van der Waals surface area contributed by atoms with Crippen LogP contribution in [0.5, 0.6) is 0 Å². The molecule has 0 unspecified atom stereocenters. The summed E-state index contributed by atoms with van der Waals surface area (Å²) in [7, 11) is 0. The minimum Gasteiger partial charge on any atom is -0.208 e. The Bertz CT molecular complexity index is 2230. The van der Waals surface area contributed by atoms with Crippen molar-refractivity contribution < 1.29 is 0 Å². The Hall–Kier alpha value is -5.41. The van der Waals surface area contributed by atoms with Gasteiger partial charge in [0, 0.05) is 16.7 Å². The van der Waals surface area contributed by atoms with Crippen LogP contribution in [0.15, 0.2) is 140 Å². The molecule has 0 bridgehead atoms. The molecule has 8 rings (SSSR count). The summed E-state index contributed by atoms with van der Waals surface area (Å²) in [5.74, 6) is 1.99. The Morgan fingerprint density at radius 1 is 0.375 bits per heavy atom. The molecule has 1 aliphatic rings. The van der Waals surface area contributed by atoms with Crippen LogP contribution in [0.25, 0.3) is 67.2 Å². The van der Waals surface area contributed by atoms with Gasteiger partial charge in [0.15, 0.2) is 17.5 Å². The second-order valence-corrected chi connectivity index (χ2v) is 14.4. The average Bonchev–Trinajstić information content (AvgIpc) is 3.13. The fourth-order valence-electron chi connectivity index (χ4n) is 7.31. The van der Waals surface area contributed by atoms with Crippen molar-refractivity contribution in [2.75, 3.05) is 0 Å². The van der Waals surface area contributed by atoms with Crippen molar-refractivity contribution in [3.63, 3.8) is 0 Å². The molecule has 1 heterocycles. The maximum absolute atomic E-state index is 5.04. The molecule has 1 aromatic heterocycles. The zero-order chi connectivity index (χ0) is 32.9. The van der Waals surface area contributed by atoms with E-state index in [0.29, 0.717) is 17.5 Å². The number of hydrogen-bond donors (Lipinski definition) is 0. The molecule has 6 aromatic carbocycles. The van der Waals surface area contributed by atoms with Crippen LogP contribution >= 0.6 is 0 Å². The first-order valence-electron chi connectivity index (χ1n) is 16.9. The second kappa shape index (κ2) is 11.7. The molecule has 0 saturated heterocycles. The molecule has 7 aromatic rings. The van der Waals surface area contributed by atoms with Gasteiger partial charge in [-0.1, -0.05) is 155 Å². The van der Waals surface area contributed by atoms with E-state index >= 15 is 0 Å². The first-order valence-corrected chi connectivity index (χ1v) is 16.9. The van der Waals surface area contributed by atoms with Gasteiger partial charge in [-0.15, -0.1) is 0 Å². The molecular weight excluding hydrogens is 583 g/mol. The number of nitrogens with zero attached hydrogens (tertiary/aromatic N) is 3. The Balaban J connectivity index is 1.25. The SMILES string of the molecule is CC1(C)CCC(C)(C)c2cc(-c3cccc(-c4ccc(-c5nc(-c6ccccc6)nc(-c6ccccc6)n5)c5ccccc45)c3)ccc21. The van der Waals surface area contributed by atoms with Gasteiger partial charge in [-0.05, 0) is 80.0 Å². The molecule has 0 fully saturated rings. The summed E-state index contributed by atoms with van der Waals surface area (Å²) in [5, 5.41) is 2.28. The summed E-state index contributed by atoms with van der Waals surface area (Å²) in [6, 6.07) is 49.4. The maximum Gasteiger partial charge on any atom is 0.164 e. The third-order valence-electron chi connectivity index (χ3n) is 10.2. The van der Waals surface area contributed by atoms with E-state index in [1.165, 1.54) is 51.6 Å². The molecule has 0 saturated carbocycles. The fraction of sp³-hybridized carbons (Fsp3) is 0.178. The van der Waals surface area contributed by atoms with Crippen LogP contribution in [-0.2, 0) is 10.8 Å². The highest BCUT2D eigenvalue weighted by Crippen LogP contribution is 2.47. The Labute approximate surface area is 283 Å². The Morgan fingerprint density at radius 3 is 1.50 bits per heavy atom. The van der Waals surface area contributed by atoms with Crippen LogP contribution in [0.1, 0.15) is 51.7 Å². The van der Waals surface area contributed by atoms with E-state index in [1.54, 1.807) is 0 Å². The lowest BCUT2D eigenvalue weighted by atomic mass is 9.63. The molecule has 234 valence electrons. The summed E-state index contributed by atoms with van der Waals surface area (Å²) < 4.78 is 0. The molecule has 0 radical (unpaired) electrons. The monoisotopic (exact) mass is 621 g/mol. The zero-order valence-electron chi connectivity index (χ0n) is 28.0. The number of rotatable bonds is 5. The van der Waals surface area contributed by atoms with Gasteiger partial charge in [-0.25, -0.2) is 15.0 Å². The Kier molecular flexibility index (Phi) is 7.29. The van der Waals surface area contributed by atoms with E-state index in [1.807, 2.05) is 60.7 Å². The standard InChI is InChI=1S/C45H39N3/c1-44(2)26-27-45(3,4)40-29-33(22-25-39(40)44)32-18-13-19-34(28-32)35-23-24-38(37-21-12-11-20-36(35)37)43-47-41(30-14-7-5-8-15-30)46-42(48-43)31-16-9-6-10-17-31/h5-25,28-29H,26-27H2,1-4H3. The minimum absolute atomic E-state index is 0.167. The van der Waals surface area contributed by atoms with Crippen LogP contribution in [0.2, 0.25) is 0 Å². The molecule has 48 heavy (non-hydrogen) atoms. The molecule has 3 nitrogen and oxygen atoms in total. The van der Waals surface area contributed by atoms with Crippen molar-refractivity contribution in [3.05, 3.63) is 151 Å². The Morgan fingerprint density at radius 2 is 0.854 bits per heavy atom. The van der Waals surface area contributed by atoms with Crippen molar-refractivity contribution in [2.24, 2.45) is 0 Å². The molecule has 0 spiro atoms. The first kappa shape index (κ1) is 30.0. The summed E-state index contributed by atoms with van der Waals surface area (Å²) in [6.07, 6.45) is 2.42. The van der Waals surface area contributed by atoms with Gasteiger partial charge < -0.3 is 0 Å². The molecule has 1 aliphatic carbocycles. The van der Waals surface area contributed by atoms with Crippen molar-refractivity contribution in [3.8, 4) is 56.4 Å². The smallest absolute Gasteiger partial charge is 0.164 e. The van der Waals surface area contributed by atoms with E-state index in [4.69, 9.17) is 15.0 Å². The van der Waals surface area contributed by atoms with E-state index in [-0.39, 0.29) is 10.8 Å². The van der Waals surface area contributed by atoms with Gasteiger partial charge in [0.25, 0.3) is 0 Å². The summed E-state index contributed by atoms with van der Waals surface area (Å²) in [6.45, 7) is 9.57. The third kappa shape index (κ3) is 5.40. The van der Waals surface area contributed by atoms with Crippen molar-refractivity contribution in [1.29, 1.82) is 0 Å². The number of hydrogen-bond acceptors (Lipinski definition) is 3. The third-order valence-corrected chi connectivity index (χ3v) is 10.2. The van der Waals surface area contributed by atoms with Gasteiger partial charge in [-0.2, -0.15) is 0 Å². The van der Waals surface area contributed by atoms with E-state index in [2.05, 4.69) is 107 Å². The van der Waals surface area contributed by atoms with Crippen molar-refractivity contribution in [1.82, 2.24) is 15.0 Å².